The van der Waals surface area contributed by atoms with Crippen LogP contribution in [-0.4, -0.2) is 24.2 Å². The molecular formula is C21H24N4O3S. The van der Waals surface area contributed by atoms with Crippen molar-refractivity contribution in [1.82, 2.24) is 14.5 Å². The van der Waals surface area contributed by atoms with Crippen molar-refractivity contribution in [2.24, 2.45) is 0 Å². The van der Waals surface area contributed by atoms with Crippen LogP contribution in [0.25, 0.3) is 5.69 Å². The largest absolute Gasteiger partial charge is 0.334 e. The monoisotopic (exact) mass is 412 g/mol. The Morgan fingerprint density at radius 3 is 2.21 bits per heavy atom. The lowest BCUT2D eigenvalue weighted by Crippen LogP contribution is -2.35. The van der Waals surface area contributed by atoms with E-state index in [1.807, 2.05) is 55.8 Å². The van der Waals surface area contributed by atoms with Crippen molar-refractivity contribution >= 4 is 21.9 Å². The number of carbonyl (C=O) groups excluding carboxylic acids is 1. The molecule has 0 unspecified atom stereocenters. The topological polar surface area (TPSA) is 93.1 Å². The molecule has 29 heavy (non-hydrogen) atoms. The van der Waals surface area contributed by atoms with Gasteiger partial charge >= 0.3 is 6.03 Å². The average Bonchev–Trinajstić information content (AvgIpc) is 3.01. The van der Waals surface area contributed by atoms with Crippen molar-refractivity contribution in [3.63, 3.8) is 0 Å². The van der Waals surface area contributed by atoms with Gasteiger partial charge in [0, 0.05) is 6.07 Å². The van der Waals surface area contributed by atoms with Gasteiger partial charge in [-0.15, -0.1) is 0 Å². The zero-order valence-corrected chi connectivity index (χ0v) is 17.6. The number of hydrogen-bond donors (Lipinski definition) is 2. The van der Waals surface area contributed by atoms with Crippen LogP contribution < -0.4 is 10.0 Å². The van der Waals surface area contributed by atoms with Crippen molar-refractivity contribution in [2.75, 3.05) is 5.32 Å². The number of benzene rings is 2. The molecule has 0 aliphatic rings. The number of urea groups is 1. The van der Waals surface area contributed by atoms with Crippen LogP contribution in [-0.2, 0) is 15.4 Å². The fraction of sp³-hybridized carbons (Fsp3) is 0.238. The van der Waals surface area contributed by atoms with Crippen molar-refractivity contribution in [2.45, 2.75) is 38.0 Å². The molecule has 0 aliphatic carbocycles. The van der Waals surface area contributed by atoms with Gasteiger partial charge < -0.3 is 0 Å². The maximum Gasteiger partial charge on any atom is 0.334 e. The number of anilines is 1. The Balaban J connectivity index is 1.77. The lowest BCUT2D eigenvalue weighted by Gasteiger charge is -2.19. The van der Waals surface area contributed by atoms with Gasteiger partial charge in [0.25, 0.3) is 10.0 Å². The summed E-state index contributed by atoms with van der Waals surface area (Å²) in [6.07, 6.45) is 0. The number of carbonyl (C=O) groups is 1. The summed E-state index contributed by atoms with van der Waals surface area (Å²) in [6, 6.07) is 16.5. The van der Waals surface area contributed by atoms with Gasteiger partial charge in [0.05, 0.1) is 16.3 Å². The van der Waals surface area contributed by atoms with Crippen LogP contribution in [0.15, 0.2) is 65.6 Å². The van der Waals surface area contributed by atoms with Gasteiger partial charge in [-0.05, 0) is 42.2 Å². The molecule has 8 heteroatoms. The van der Waals surface area contributed by atoms with Gasteiger partial charge in [-0.25, -0.2) is 22.6 Å². The Morgan fingerprint density at radius 2 is 1.62 bits per heavy atom. The van der Waals surface area contributed by atoms with Gasteiger partial charge in [0.2, 0.25) is 0 Å². The molecule has 0 saturated carbocycles. The minimum atomic E-state index is -4.00. The fourth-order valence-electron chi connectivity index (χ4n) is 2.81. The Hall–Kier alpha value is -3.13. The maximum atomic E-state index is 12.6. The van der Waals surface area contributed by atoms with Crippen LogP contribution >= 0.6 is 0 Å². The van der Waals surface area contributed by atoms with Crippen LogP contribution in [0.5, 0.6) is 0 Å². The Bertz CT molecular complexity index is 1110. The number of nitrogens with one attached hydrogen (secondary N) is 2. The van der Waals surface area contributed by atoms with E-state index in [0.717, 1.165) is 11.3 Å². The first-order valence-corrected chi connectivity index (χ1v) is 10.6. The number of nitrogens with zero attached hydrogens (tertiary/aromatic N) is 2. The fourth-order valence-corrected chi connectivity index (χ4v) is 3.72. The molecule has 0 radical (unpaired) electrons. The first-order chi connectivity index (χ1) is 13.6. The van der Waals surface area contributed by atoms with E-state index in [9.17, 15) is 13.2 Å². The number of sulfonamides is 1. The molecule has 0 spiro atoms. The zero-order valence-electron chi connectivity index (χ0n) is 16.8. The van der Waals surface area contributed by atoms with Gasteiger partial charge in [-0.2, -0.15) is 5.10 Å². The highest BCUT2D eigenvalue weighted by molar-refractivity contribution is 7.90. The Kier molecular flexibility index (Phi) is 5.48. The number of aromatic nitrogens is 2. The third-order valence-electron chi connectivity index (χ3n) is 4.33. The second kappa shape index (κ2) is 7.71. The van der Waals surface area contributed by atoms with Crippen molar-refractivity contribution in [3.05, 3.63) is 71.9 Å². The number of rotatable bonds is 4. The first kappa shape index (κ1) is 20.6. The summed E-state index contributed by atoms with van der Waals surface area (Å²) in [5, 5.41) is 6.91. The normalized spacial score (nSPS) is 11.9. The summed E-state index contributed by atoms with van der Waals surface area (Å²) < 4.78 is 28.7. The first-order valence-electron chi connectivity index (χ1n) is 9.13. The second-order valence-electron chi connectivity index (χ2n) is 7.75. The molecule has 3 aromatic rings. The van der Waals surface area contributed by atoms with E-state index in [2.05, 4.69) is 10.4 Å². The Labute approximate surface area is 170 Å². The molecular weight excluding hydrogens is 388 g/mol. The molecule has 0 atom stereocenters. The minimum Gasteiger partial charge on any atom is -0.291 e. The summed E-state index contributed by atoms with van der Waals surface area (Å²) in [6.45, 7) is 7.91. The molecule has 0 fully saturated rings. The SMILES string of the molecule is Cc1cc(NC(=O)NS(=O)(=O)c2ccc(C(C)(C)C)cc2)n(-c2ccccc2)n1. The highest BCUT2D eigenvalue weighted by Gasteiger charge is 2.21. The number of hydrogen-bond acceptors (Lipinski definition) is 4. The lowest BCUT2D eigenvalue weighted by atomic mass is 9.87. The summed E-state index contributed by atoms with van der Waals surface area (Å²) >= 11 is 0. The van der Waals surface area contributed by atoms with E-state index < -0.39 is 16.1 Å². The highest BCUT2D eigenvalue weighted by Crippen LogP contribution is 2.23. The molecule has 3 rings (SSSR count). The average molecular weight is 413 g/mol. The van der Waals surface area contributed by atoms with Crippen LogP contribution in [0.2, 0.25) is 0 Å². The molecule has 1 aromatic heterocycles. The predicted octanol–water partition coefficient (Wildman–Crippen LogP) is 3.99. The number of aryl methyl sites for hydroxylation is 1. The van der Waals surface area contributed by atoms with Crippen LogP contribution in [0.3, 0.4) is 0 Å². The van der Waals surface area contributed by atoms with Crippen LogP contribution in [0.1, 0.15) is 32.0 Å². The summed E-state index contributed by atoms with van der Waals surface area (Å²) in [4.78, 5) is 12.4. The number of para-hydroxylation sites is 1. The Morgan fingerprint density at radius 1 is 1.00 bits per heavy atom. The smallest absolute Gasteiger partial charge is 0.291 e. The maximum absolute atomic E-state index is 12.6. The summed E-state index contributed by atoms with van der Waals surface area (Å²) in [5.41, 5.74) is 2.34. The highest BCUT2D eigenvalue weighted by atomic mass is 32.2. The molecule has 7 nitrogen and oxygen atoms in total. The van der Waals surface area contributed by atoms with E-state index in [0.29, 0.717) is 11.5 Å². The van der Waals surface area contributed by atoms with Gasteiger partial charge in [-0.3, -0.25) is 5.32 Å². The van der Waals surface area contributed by atoms with Gasteiger partial charge in [0.1, 0.15) is 5.82 Å². The van der Waals surface area contributed by atoms with Crippen molar-refractivity contribution in [1.29, 1.82) is 0 Å². The molecule has 2 aromatic carbocycles. The molecule has 0 saturated heterocycles. The van der Waals surface area contributed by atoms with E-state index in [4.69, 9.17) is 0 Å². The lowest BCUT2D eigenvalue weighted by molar-refractivity contribution is 0.256. The quantitative estimate of drug-likeness (QED) is 0.678. The molecule has 1 heterocycles. The molecule has 2 amide bonds. The van der Waals surface area contributed by atoms with E-state index in [-0.39, 0.29) is 10.3 Å². The molecule has 0 bridgehead atoms. The van der Waals surface area contributed by atoms with E-state index in [1.165, 1.54) is 12.1 Å². The summed E-state index contributed by atoms with van der Waals surface area (Å²) in [7, 11) is -4.00. The minimum absolute atomic E-state index is 0.0217. The van der Waals surface area contributed by atoms with E-state index >= 15 is 0 Å². The number of amides is 2. The predicted molar refractivity (Wildman–Crippen MR) is 113 cm³/mol. The third kappa shape index (κ3) is 4.83. The standard InChI is InChI=1S/C21H24N4O3S/c1-15-14-19(25(23-15)17-8-6-5-7-9-17)22-20(26)24-29(27,28)18-12-10-16(11-13-18)21(2,3)4/h5-14H,1-4H3,(H2,22,24,26). The third-order valence-corrected chi connectivity index (χ3v) is 5.68. The molecule has 0 aliphatic heterocycles. The molecule has 2 N–H and O–H groups in total. The van der Waals surface area contributed by atoms with Gasteiger partial charge in [0.15, 0.2) is 0 Å². The van der Waals surface area contributed by atoms with Crippen LogP contribution in [0, 0.1) is 6.92 Å². The van der Waals surface area contributed by atoms with Crippen molar-refractivity contribution in [3.8, 4) is 5.69 Å². The van der Waals surface area contributed by atoms with Crippen LogP contribution in [0.4, 0.5) is 10.6 Å². The van der Waals surface area contributed by atoms with Crippen molar-refractivity contribution < 1.29 is 13.2 Å². The molecule has 152 valence electrons. The van der Waals surface area contributed by atoms with E-state index in [1.54, 1.807) is 29.8 Å². The summed E-state index contributed by atoms with van der Waals surface area (Å²) in [5.74, 6) is 0.365. The zero-order chi connectivity index (χ0) is 21.2. The van der Waals surface area contributed by atoms with Gasteiger partial charge in [-0.1, -0.05) is 51.1 Å². The second-order valence-corrected chi connectivity index (χ2v) is 9.43.